The Balaban J connectivity index is 4.32. The predicted octanol–water partition coefficient (Wildman–Crippen LogP) is 0.832. The van der Waals surface area contributed by atoms with Crippen LogP contribution in [0.25, 0.3) is 0 Å². The third-order valence-corrected chi connectivity index (χ3v) is 2.34. The third-order valence-electron chi connectivity index (χ3n) is 2.34. The Kier molecular flexibility index (Phi) is 8.40. The number of carbonyl (C=O) groups excluding carboxylic acids is 2. The number of nitrogens with one attached hydrogen (secondary N) is 2. The van der Waals surface area contributed by atoms with E-state index >= 15 is 0 Å². The molecule has 0 heterocycles. The average Bonchev–Trinajstić information content (AvgIpc) is 2.29. The van der Waals surface area contributed by atoms with Gasteiger partial charge in [-0.3, -0.25) is 14.9 Å². The second kappa shape index (κ2) is 8.98. The summed E-state index contributed by atoms with van der Waals surface area (Å²) in [6, 6.07) is -0.798. The molecule has 0 aromatic carbocycles. The van der Waals surface area contributed by atoms with Crippen LogP contribution in [0.2, 0.25) is 0 Å². The maximum Gasteiger partial charge on any atom is 0.323 e. The van der Waals surface area contributed by atoms with Gasteiger partial charge in [0, 0.05) is 6.54 Å². The van der Waals surface area contributed by atoms with Crippen LogP contribution in [0.15, 0.2) is 0 Å². The lowest BCUT2D eigenvalue weighted by atomic mass is 10.1. The molecule has 0 aliphatic rings. The minimum Gasteiger partial charge on any atom is -0.465 e. The minimum absolute atomic E-state index is 0.0992. The van der Waals surface area contributed by atoms with Crippen LogP contribution in [0.1, 0.15) is 40.5 Å². The fraction of sp³-hybridized carbons (Fsp3) is 0.833. The summed E-state index contributed by atoms with van der Waals surface area (Å²) in [6.07, 6.45) is 1.53. The highest BCUT2D eigenvalue weighted by molar-refractivity contribution is 5.83. The first-order valence-corrected chi connectivity index (χ1v) is 6.27. The number of amides is 1. The van der Waals surface area contributed by atoms with Crippen molar-refractivity contribution in [3.8, 4) is 0 Å². The Morgan fingerprint density at radius 3 is 2.35 bits per heavy atom. The molecular weight excluding hydrogens is 220 g/mol. The Morgan fingerprint density at radius 2 is 1.88 bits per heavy atom. The van der Waals surface area contributed by atoms with Crippen molar-refractivity contribution < 1.29 is 14.3 Å². The summed E-state index contributed by atoms with van der Waals surface area (Å²) >= 11 is 0. The number of hydrogen-bond donors (Lipinski definition) is 2. The molecule has 5 heteroatoms. The number of esters is 1. The molecule has 0 spiro atoms. The van der Waals surface area contributed by atoms with Crippen LogP contribution in [0.3, 0.4) is 0 Å². The average molecular weight is 244 g/mol. The van der Waals surface area contributed by atoms with Crippen LogP contribution in [0, 0.1) is 0 Å². The quantitative estimate of drug-likeness (QED) is 0.621. The molecule has 0 rings (SSSR count). The summed E-state index contributed by atoms with van der Waals surface area (Å²) in [5.41, 5.74) is 0. The minimum atomic E-state index is -0.405. The van der Waals surface area contributed by atoms with Gasteiger partial charge in [-0.15, -0.1) is 0 Å². The number of likely N-dealkylation sites (N-methyl/N-ethyl adjacent to an activating group) is 1. The van der Waals surface area contributed by atoms with Gasteiger partial charge in [-0.2, -0.15) is 0 Å². The second-order valence-corrected chi connectivity index (χ2v) is 3.88. The van der Waals surface area contributed by atoms with Crippen molar-refractivity contribution in [2.75, 3.05) is 13.2 Å². The zero-order chi connectivity index (χ0) is 13.3. The van der Waals surface area contributed by atoms with E-state index in [9.17, 15) is 9.59 Å². The van der Waals surface area contributed by atoms with Crippen molar-refractivity contribution in [3.05, 3.63) is 0 Å². The Morgan fingerprint density at radius 1 is 1.24 bits per heavy atom. The molecule has 2 unspecified atom stereocenters. The predicted molar refractivity (Wildman–Crippen MR) is 66.6 cm³/mol. The Bertz CT molecular complexity index is 244. The fourth-order valence-electron chi connectivity index (χ4n) is 1.51. The molecule has 100 valence electrons. The number of ether oxygens (including phenoxy) is 1. The van der Waals surface area contributed by atoms with E-state index in [2.05, 4.69) is 10.6 Å². The highest BCUT2D eigenvalue weighted by atomic mass is 16.5. The topological polar surface area (TPSA) is 67.4 Å². The molecule has 17 heavy (non-hydrogen) atoms. The Labute approximate surface area is 103 Å². The summed E-state index contributed by atoms with van der Waals surface area (Å²) in [5.74, 6) is -0.386. The molecule has 2 N–H and O–H groups in total. The van der Waals surface area contributed by atoms with Crippen molar-refractivity contribution in [2.45, 2.75) is 52.6 Å². The number of hydrogen-bond acceptors (Lipinski definition) is 4. The van der Waals surface area contributed by atoms with E-state index in [1.807, 2.05) is 13.8 Å². The maximum atomic E-state index is 11.6. The molecule has 0 aliphatic carbocycles. The molecular formula is C12H24N2O3. The van der Waals surface area contributed by atoms with E-state index in [-0.39, 0.29) is 11.9 Å². The van der Waals surface area contributed by atoms with Gasteiger partial charge in [0.1, 0.15) is 6.04 Å². The van der Waals surface area contributed by atoms with Crippen molar-refractivity contribution in [3.63, 3.8) is 0 Å². The summed E-state index contributed by atoms with van der Waals surface area (Å²) in [4.78, 5) is 23.2. The van der Waals surface area contributed by atoms with Gasteiger partial charge < -0.3 is 10.1 Å². The lowest BCUT2D eigenvalue weighted by molar-refractivity contribution is -0.146. The highest BCUT2D eigenvalue weighted by Crippen LogP contribution is 2.01. The fourth-order valence-corrected chi connectivity index (χ4v) is 1.51. The van der Waals surface area contributed by atoms with Crippen LogP contribution >= 0.6 is 0 Å². The van der Waals surface area contributed by atoms with E-state index in [0.29, 0.717) is 19.6 Å². The van der Waals surface area contributed by atoms with Crippen LogP contribution in [0.5, 0.6) is 0 Å². The molecule has 0 aliphatic heterocycles. The van der Waals surface area contributed by atoms with Crippen molar-refractivity contribution in [1.29, 1.82) is 0 Å². The van der Waals surface area contributed by atoms with E-state index in [4.69, 9.17) is 4.74 Å². The first-order chi connectivity index (χ1) is 8.06. The van der Waals surface area contributed by atoms with Crippen LogP contribution < -0.4 is 10.6 Å². The summed E-state index contributed by atoms with van der Waals surface area (Å²) in [7, 11) is 0. The highest BCUT2D eigenvalue weighted by Gasteiger charge is 2.23. The molecule has 0 bridgehead atoms. The molecule has 0 aromatic rings. The van der Waals surface area contributed by atoms with Crippen molar-refractivity contribution in [1.82, 2.24) is 10.6 Å². The molecule has 2 atom stereocenters. The number of rotatable bonds is 8. The van der Waals surface area contributed by atoms with Gasteiger partial charge in [-0.05, 0) is 27.2 Å². The second-order valence-electron chi connectivity index (χ2n) is 3.88. The standard InChI is InChI=1S/C12H24N2O3/c1-5-8-10(12(16)17-7-3)14-9(4)11(15)13-6-2/h9-10,14H,5-8H2,1-4H3,(H,13,15). The molecule has 0 radical (unpaired) electrons. The van der Waals surface area contributed by atoms with Gasteiger partial charge in [0.25, 0.3) is 0 Å². The van der Waals surface area contributed by atoms with E-state index in [1.54, 1.807) is 13.8 Å². The SMILES string of the molecule is CCCC(NC(C)C(=O)NCC)C(=O)OCC. The van der Waals surface area contributed by atoms with Crippen LogP contribution in [-0.4, -0.2) is 37.1 Å². The zero-order valence-corrected chi connectivity index (χ0v) is 11.2. The first-order valence-electron chi connectivity index (χ1n) is 6.27. The zero-order valence-electron chi connectivity index (χ0n) is 11.2. The smallest absolute Gasteiger partial charge is 0.323 e. The molecule has 1 amide bonds. The van der Waals surface area contributed by atoms with E-state index in [0.717, 1.165) is 6.42 Å². The molecule has 0 aromatic heterocycles. The third kappa shape index (κ3) is 6.26. The normalized spacial score (nSPS) is 13.9. The first kappa shape index (κ1) is 15.9. The monoisotopic (exact) mass is 244 g/mol. The molecule has 0 fully saturated rings. The molecule has 0 saturated carbocycles. The van der Waals surface area contributed by atoms with Crippen molar-refractivity contribution >= 4 is 11.9 Å². The largest absolute Gasteiger partial charge is 0.465 e. The summed E-state index contributed by atoms with van der Waals surface area (Å²) in [6.45, 7) is 8.31. The van der Waals surface area contributed by atoms with Gasteiger partial charge >= 0.3 is 5.97 Å². The van der Waals surface area contributed by atoms with Crippen LogP contribution in [-0.2, 0) is 14.3 Å². The number of carbonyl (C=O) groups is 2. The van der Waals surface area contributed by atoms with Gasteiger partial charge in [-0.1, -0.05) is 13.3 Å². The van der Waals surface area contributed by atoms with Gasteiger partial charge in [0.15, 0.2) is 0 Å². The molecule has 5 nitrogen and oxygen atoms in total. The lowest BCUT2D eigenvalue weighted by Gasteiger charge is -2.20. The molecule has 0 saturated heterocycles. The summed E-state index contributed by atoms with van der Waals surface area (Å²) in [5, 5.41) is 5.71. The maximum absolute atomic E-state index is 11.6. The van der Waals surface area contributed by atoms with Gasteiger partial charge in [0.05, 0.1) is 12.6 Å². The van der Waals surface area contributed by atoms with Crippen molar-refractivity contribution in [2.24, 2.45) is 0 Å². The Hall–Kier alpha value is -1.10. The van der Waals surface area contributed by atoms with Gasteiger partial charge in [0.2, 0.25) is 5.91 Å². The van der Waals surface area contributed by atoms with E-state index in [1.165, 1.54) is 0 Å². The van der Waals surface area contributed by atoms with E-state index < -0.39 is 12.1 Å². The van der Waals surface area contributed by atoms with Crippen LogP contribution in [0.4, 0.5) is 0 Å². The lowest BCUT2D eigenvalue weighted by Crippen LogP contribution is -2.49. The summed E-state index contributed by atoms with van der Waals surface area (Å²) < 4.78 is 4.96. The van der Waals surface area contributed by atoms with Gasteiger partial charge in [-0.25, -0.2) is 0 Å².